The van der Waals surface area contributed by atoms with Crippen LogP contribution in [0.2, 0.25) is 0 Å². The van der Waals surface area contributed by atoms with Crippen molar-refractivity contribution >= 4 is 11.3 Å². The van der Waals surface area contributed by atoms with Gasteiger partial charge >= 0.3 is 0 Å². The Morgan fingerprint density at radius 3 is 2.84 bits per heavy atom. The summed E-state index contributed by atoms with van der Waals surface area (Å²) >= 11 is 1.78. The summed E-state index contributed by atoms with van der Waals surface area (Å²) in [6.45, 7) is 5.49. The summed E-state index contributed by atoms with van der Waals surface area (Å²) in [5, 5.41) is 8.01. The maximum absolute atomic E-state index is 5.56. The summed E-state index contributed by atoms with van der Waals surface area (Å²) in [5.41, 5.74) is 1.45. The molecular formula is C15H27NO2S. The highest BCUT2D eigenvalue weighted by Crippen LogP contribution is 2.11. The first-order valence-electron chi connectivity index (χ1n) is 7.18. The van der Waals surface area contributed by atoms with Crippen LogP contribution in [0.1, 0.15) is 31.7 Å². The third kappa shape index (κ3) is 8.37. The van der Waals surface area contributed by atoms with E-state index < -0.39 is 0 Å². The van der Waals surface area contributed by atoms with Crippen LogP contribution in [0, 0.1) is 0 Å². The van der Waals surface area contributed by atoms with E-state index in [0.717, 1.165) is 26.0 Å². The zero-order valence-electron chi connectivity index (χ0n) is 12.2. The van der Waals surface area contributed by atoms with Gasteiger partial charge in [0.1, 0.15) is 0 Å². The molecule has 0 spiro atoms. The maximum Gasteiger partial charge on any atom is 0.0700 e. The number of aryl methyl sites for hydroxylation is 1. The first-order valence-corrected chi connectivity index (χ1v) is 8.12. The monoisotopic (exact) mass is 285 g/mol. The molecule has 0 aliphatic carbocycles. The van der Waals surface area contributed by atoms with Crippen molar-refractivity contribution in [2.45, 2.75) is 38.6 Å². The van der Waals surface area contributed by atoms with Gasteiger partial charge in [-0.2, -0.15) is 11.3 Å². The minimum absolute atomic E-state index is 0.558. The largest absolute Gasteiger partial charge is 0.382 e. The summed E-state index contributed by atoms with van der Waals surface area (Å²) in [5.74, 6) is 0. The summed E-state index contributed by atoms with van der Waals surface area (Å²) in [6.07, 6.45) is 4.60. The van der Waals surface area contributed by atoms with Gasteiger partial charge in [-0.3, -0.25) is 0 Å². The third-order valence-electron chi connectivity index (χ3n) is 3.09. The molecule has 3 nitrogen and oxygen atoms in total. The summed E-state index contributed by atoms with van der Waals surface area (Å²) in [6, 6.07) is 2.78. The van der Waals surface area contributed by atoms with Crippen molar-refractivity contribution < 1.29 is 9.47 Å². The first-order chi connectivity index (χ1) is 9.36. The molecule has 19 heavy (non-hydrogen) atoms. The Bertz CT molecular complexity index is 290. The number of hydrogen-bond donors (Lipinski definition) is 1. The second-order valence-electron chi connectivity index (χ2n) is 4.72. The second kappa shape index (κ2) is 11.4. The molecular weight excluding hydrogens is 258 g/mol. The lowest BCUT2D eigenvalue weighted by atomic mass is 10.1. The molecule has 0 radical (unpaired) electrons. The van der Waals surface area contributed by atoms with E-state index in [4.69, 9.17) is 9.47 Å². The van der Waals surface area contributed by atoms with Crippen LogP contribution < -0.4 is 5.32 Å². The Balaban J connectivity index is 2.18. The van der Waals surface area contributed by atoms with E-state index in [-0.39, 0.29) is 0 Å². The summed E-state index contributed by atoms with van der Waals surface area (Å²) < 4.78 is 10.5. The topological polar surface area (TPSA) is 30.5 Å². The summed E-state index contributed by atoms with van der Waals surface area (Å²) in [7, 11) is 1.70. The van der Waals surface area contributed by atoms with Gasteiger partial charge in [-0.25, -0.2) is 0 Å². The van der Waals surface area contributed by atoms with E-state index in [1.165, 1.54) is 18.4 Å². The lowest BCUT2D eigenvalue weighted by molar-refractivity contribution is 0.0654. The normalized spacial score (nSPS) is 12.7. The van der Waals surface area contributed by atoms with E-state index >= 15 is 0 Å². The van der Waals surface area contributed by atoms with Gasteiger partial charge in [-0.1, -0.05) is 6.92 Å². The van der Waals surface area contributed by atoms with Crippen LogP contribution in [0.3, 0.4) is 0 Å². The lowest BCUT2D eigenvalue weighted by Crippen LogP contribution is -2.31. The fraction of sp³-hybridized carbons (Fsp3) is 0.733. The van der Waals surface area contributed by atoms with Gasteiger partial charge < -0.3 is 14.8 Å². The Hall–Kier alpha value is -0.420. The van der Waals surface area contributed by atoms with Gasteiger partial charge in [0.05, 0.1) is 13.2 Å². The molecule has 0 aliphatic rings. The molecule has 1 atom stereocenters. The van der Waals surface area contributed by atoms with E-state index in [1.54, 1.807) is 18.4 Å². The number of nitrogens with one attached hydrogen (secondary N) is 1. The fourth-order valence-electron chi connectivity index (χ4n) is 1.94. The minimum Gasteiger partial charge on any atom is -0.382 e. The molecule has 0 fully saturated rings. The molecule has 0 saturated carbocycles. The van der Waals surface area contributed by atoms with E-state index in [1.807, 2.05) is 0 Å². The molecule has 0 bridgehead atoms. The van der Waals surface area contributed by atoms with Crippen molar-refractivity contribution in [2.24, 2.45) is 0 Å². The molecule has 0 saturated heterocycles. The number of hydrogen-bond acceptors (Lipinski definition) is 4. The van der Waals surface area contributed by atoms with Gasteiger partial charge in [-0.15, -0.1) is 0 Å². The van der Waals surface area contributed by atoms with Gasteiger partial charge in [0, 0.05) is 19.8 Å². The van der Waals surface area contributed by atoms with Crippen LogP contribution in [0.5, 0.6) is 0 Å². The quantitative estimate of drug-likeness (QED) is 0.599. The average molecular weight is 285 g/mol. The number of thiophene rings is 1. The highest BCUT2D eigenvalue weighted by atomic mass is 32.1. The van der Waals surface area contributed by atoms with Crippen LogP contribution >= 0.6 is 11.3 Å². The van der Waals surface area contributed by atoms with Crippen LogP contribution in [0.25, 0.3) is 0 Å². The molecule has 1 heterocycles. The Morgan fingerprint density at radius 2 is 2.16 bits per heavy atom. The number of methoxy groups -OCH3 is 1. The van der Waals surface area contributed by atoms with Gasteiger partial charge in [-0.05, 0) is 54.6 Å². The van der Waals surface area contributed by atoms with E-state index in [9.17, 15) is 0 Å². The van der Waals surface area contributed by atoms with Crippen molar-refractivity contribution in [1.29, 1.82) is 0 Å². The molecule has 1 unspecified atom stereocenters. The molecule has 1 rings (SSSR count). The molecule has 1 N–H and O–H groups in total. The zero-order valence-corrected chi connectivity index (χ0v) is 13.0. The Labute approximate surface area is 121 Å². The van der Waals surface area contributed by atoms with Crippen LogP contribution in [-0.2, 0) is 15.9 Å². The Morgan fingerprint density at radius 1 is 1.26 bits per heavy atom. The molecule has 1 aromatic heterocycles. The number of rotatable bonds is 12. The summed E-state index contributed by atoms with van der Waals surface area (Å²) in [4.78, 5) is 0. The van der Waals surface area contributed by atoms with Crippen molar-refractivity contribution in [1.82, 2.24) is 5.32 Å². The van der Waals surface area contributed by atoms with Crippen LogP contribution in [-0.4, -0.2) is 39.5 Å². The van der Waals surface area contributed by atoms with Gasteiger partial charge in [0.15, 0.2) is 0 Å². The van der Waals surface area contributed by atoms with Crippen LogP contribution in [0.4, 0.5) is 0 Å². The van der Waals surface area contributed by atoms with Crippen molar-refractivity contribution in [3.63, 3.8) is 0 Å². The molecule has 0 aromatic carbocycles. The van der Waals surface area contributed by atoms with Gasteiger partial charge in [0.2, 0.25) is 0 Å². The smallest absolute Gasteiger partial charge is 0.0700 e. The second-order valence-corrected chi connectivity index (χ2v) is 5.50. The van der Waals surface area contributed by atoms with E-state index in [2.05, 4.69) is 29.1 Å². The molecule has 110 valence electrons. The predicted molar refractivity (Wildman–Crippen MR) is 82.0 cm³/mol. The standard InChI is InChI=1S/C15H27NO2S/c1-3-8-16-15(6-9-18-11-10-17-2)5-4-14-7-12-19-13-14/h7,12-13,15-16H,3-6,8-11H2,1-2H3. The van der Waals surface area contributed by atoms with Crippen molar-refractivity contribution in [3.05, 3.63) is 22.4 Å². The highest BCUT2D eigenvalue weighted by Gasteiger charge is 2.08. The SMILES string of the molecule is CCCNC(CCOCCOC)CCc1ccsc1. The van der Waals surface area contributed by atoms with Gasteiger partial charge in [0.25, 0.3) is 0 Å². The molecule has 0 aliphatic heterocycles. The predicted octanol–water partition coefficient (Wildman–Crippen LogP) is 3.10. The molecule has 1 aromatic rings. The minimum atomic E-state index is 0.558. The maximum atomic E-state index is 5.56. The lowest BCUT2D eigenvalue weighted by Gasteiger charge is -2.18. The van der Waals surface area contributed by atoms with Crippen molar-refractivity contribution in [3.8, 4) is 0 Å². The Kier molecular flexibility index (Phi) is 9.99. The molecule has 4 heteroatoms. The van der Waals surface area contributed by atoms with E-state index in [0.29, 0.717) is 19.3 Å². The molecule has 0 amide bonds. The fourth-order valence-corrected chi connectivity index (χ4v) is 2.65. The zero-order chi connectivity index (χ0) is 13.8. The third-order valence-corrected chi connectivity index (χ3v) is 3.82. The first kappa shape index (κ1) is 16.6. The van der Waals surface area contributed by atoms with Crippen LogP contribution in [0.15, 0.2) is 16.8 Å². The van der Waals surface area contributed by atoms with Crippen molar-refractivity contribution in [2.75, 3.05) is 33.5 Å². The number of ether oxygens (including phenoxy) is 2. The average Bonchev–Trinajstić information content (AvgIpc) is 2.94. The highest BCUT2D eigenvalue weighted by molar-refractivity contribution is 7.07.